The molecule has 1 N–H and O–H groups in total. The Morgan fingerprint density at radius 1 is 1.35 bits per heavy atom. The Morgan fingerprint density at radius 2 is 2.00 bits per heavy atom. The van der Waals surface area contributed by atoms with E-state index in [1.807, 2.05) is 13.8 Å². The predicted octanol–water partition coefficient (Wildman–Crippen LogP) is 2.63. The maximum absolute atomic E-state index is 12.2. The summed E-state index contributed by atoms with van der Waals surface area (Å²) in [4.78, 5) is 13.9. The van der Waals surface area contributed by atoms with Crippen molar-refractivity contribution in [3.8, 4) is 5.75 Å². The van der Waals surface area contributed by atoms with Gasteiger partial charge in [-0.1, -0.05) is 6.07 Å². The number of hydrogen-bond donors (Lipinski definition) is 1. The van der Waals surface area contributed by atoms with Crippen LogP contribution in [0.1, 0.15) is 13.8 Å². The first-order chi connectivity index (χ1) is 10.7. The predicted molar refractivity (Wildman–Crippen MR) is 78.2 cm³/mol. The largest absolute Gasteiger partial charge is 0.573 e. The summed E-state index contributed by atoms with van der Waals surface area (Å²) in [6.45, 7) is 4.78. The molecule has 1 aromatic rings. The third-order valence-electron chi connectivity index (χ3n) is 3.28. The molecule has 2 rings (SSSR count). The highest BCUT2D eigenvalue weighted by molar-refractivity contribution is 5.81. The second kappa shape index (κ2) is 7.08. The molecule has 1 heterocycles. The number of nitrogens with one attached hydrogen (secondary N) is 1. The molecule has 0 spiro atoms. The SMILES string of the molecule is CC1CN(C(=O)CNc2cccc(OC(F)(F)F)c2)CC(C)O1. The van der Waals surface area contributed by atoms with Gasteiger partial charge in [0, 0.05) is 24.8 Å². The second-order valence-corrected chi connectivity index (χ2v) is 5.49. The first-order valence-corrected chi connectivity index (χ1v) is 7.26. The van der Waals surface area contributed by atoms with E-state index in [9.17, 15) is 18.0 Å². The van der Waals surface area contributed by atoms with Crippen LogP contribution in [-0.2, 0) is 9.53 Å². The van der Waals surface area contributed by atoms with Crippen LogP contribution in [0.25, 0.3) is 0 Å². The van der Waals surface area contributed by atoms with Gasteiger partial charge in [-0.25, -0.2) is 0 Å². The zero-order valence-electron chi connectivity index (χ0n) is 12.9. The van der Waals surface area contributed by atoms with Gasteiger partial charge in [0.05, 0.1) is 18.8 Å². The highest BCUT2D eigenvalue weighted by Gasteiger charge is 2.31. The molecular weight excluding hydrogens is 313 g/mol. The summed E-state index contributed by atoms with van der Waals surface area (Å²) in [7, 11) is 0. The van der Waals surface area contributed by atoms with E-state index < -0.39 is 6.36 Å². The van der Waals surface area contributed by atoms with Crippen LogP contribution < -0.4 is 10.1 Å². The molecule has 1 fully saturated rings. The molecule has 128 valence electrons. The van der Waals surface area contributed by atoms with Crippen LogP contribution in [0, 0.1) is 0 Å². The average molecular weight is 332 g/mol. The molecule has 1 saturated heterocycles. The van der Waals surface area contributed by atoms with Crippen molar-refractivity contribution in [3.63, 3.8) is 0 Å². The number of morpholine rings is 1. The minimum atomic E-state index is -4.74. The Kier molecular flexibility index (Phi) is 5.35. The van der Waals surface area contributed by atoms with Crippen molar-refractivity contribution in [2.24, 2.45) is 0 Å². The van der Waals surface area contributed by atoms with Crippen molar-refractivity contribution in [1.82, 2.24) is 4.90 Å². The molecule has 2 atom stereocenters. The second-order valence-electron chi connectivity index (χ2n) is 5.49. The van der Waals surface area contributed by atoms with Crippen molar-refractivity contribution >= 4 is 11.6 Å². The number of hydrogen-bond acceptors (Lipinski definition) is 4. The van der Waals surface area contributed by atoms with Gasteiger partial charge in [0.1, 0.15) is 5.75 Å². The zero-order chi connectivity index (χ0) is 17.0. The Labute approximate surface area is 132 Å². The van der Waals surface area contributed by atoms with Crippen LogP contribution in [0.4, 0.5) is 18.9 Å². The normalized spacial score (nSPS) is 21.9. The van der Waals surface area contributed by atoms with Crippen molar-refractivity contribution < 1.29 is 27.4 Å². The molecule has 1 aromatic carbocycles. The quantitative estimate of drug-likeness (QED) is 0.921. The van der Waals surface area contributed by atoms with Gasteiger partial charge in [-0.15, -0.1) is 13.2 Å². The molecule has 1 aliphatic rings. The van der Waals surface area contributed by atoms with E-state index in [-0.39, 0.29) is 30.4 Å². The van der Waals surface area contributed by atoms with Gasteiger partial charge in [-0.05, 0) is 26.0 Å². The summed E-state index contributed by atoms with van der Waals surface area (Å²) in [6, 6.07) is 5.39. The van der Waals surface area contributed by atoms with Crippen LogP contribution in [0.5, 0.6) is 5.75 Å². The van der Waals surface area contributed by atoms with Gasteiger partial charge in [-0.2, -0.15) is 0 Å². The van der Waals surface area contributed by atoms with Gasteiger partial charge in [-0.3, -0.25) is 4.79 Å². The number of anilines is 1. The summed E-state index contributed by atoms with van der Waals surface area (Å²) < 4.78 is 46.0. The number of amides is 1. The maximum atomic E-state index is 12.2. The van der Waals surface area contributed by atoms with Gasteiger partial charge < -0.3 is 19.7 Å². The highest BCUT2D eigenvalue weighted by Crippen LogP contribution is 2.25. The molecule has 2 unspecified atom stereocenters. The number of halogens is 3. The summed E-state index contributed by atoms with van der Waals surface area (Å²) >= 11 is 0. The Balaban J connectivity index is 1.90. The summed E-state index contributed by atoms with van der Waals surface area (Å²) in [5.74, 6) is -0.460. The molecule has 5 nitrogen and oxygen atoms in total. The Hall–Kier alpha value is -1.96. The Morgan fingerprint density at radius 3 is 2.61 bits per heavy atom. The number of benzene rings is 1. The fourth-order valence-electron chi connectivity index (χ4n) is 2.47. The smallest absolute Gasteiger partial charge is 0.406 e. The van der Waals surface area contributed by atoms with Crippen LogP contribution >= 0.6 is 0 Å². The molecule has 1 amide bonds. The minimum absolute atomic E-state index is 0.00505. The van der Waals surface area contributed by atoms with E-state index in [2.05, 4.69) is 10.1 Å². The van der Waals surface area contributed by atoms with E-state index in [0.717, 1.165) is 0 Å². The first-order valence-electron chi connectivity index (χ1n) is 7.26. The van der Waals surface area contributed by atoms with Gasteiger partial charge in [0.2, 0.25) is 5.91 Å². The molecular formula is C15H19F3N2O3. The van der Waals surface area contributed by atoms with Crippen molar-refractivity contribution in [3.05, 3.63) is 24.3 Å². The molecule has 23 heavy (non-hydrogen) atoms. The number of carbonyl (C=O) groups excluding carboxylic acids is 1. The average Bonchev–Trinajstić information content (AvgIpc) is 2.42. The summed E-state index contributed by atoms with van der Waals surface area (Å²) in [5.41, 5.74) is 0.384. The monoisotopic (exact) mass is 332 g/mol. The van der Waals surface area contributed by atoms with Gasteiger partial charge in [0.25, 0.3) is 0 Å². The lowest BCUT2D eigenvalue weighted by Gasteiger charge is -2.35. The maximum Gasteiger partial charge on any atom is 0.573 e. The van der Waals surface area contributed by atoms with E-state index in [1.165, 1.54) is 18.2 Å². The molecule has 0 bridgehead atoms. The molecule has 1 aliphatic heterocycles. The highest BCUT2D eigenvalue weighted by atomic mass is 19.4. The third kappa shape index (κ3) is 5.63. The molecule has 0 aliphatic carbocycles. The van der Waals surface area contributed by atoms with Crippen LogP contribution in [-0.4, -0.2) is 49.0 Å². The number of carbonyl (C=O) groups is 1. The van der Waals surface area contributed by atoms with Crippen molar-refractivity contribution in [2.75, 3.05) is 25.0 Å². The first kappa shape index (κ1) is 17.4. The van der Waals surface area contributed by atoms with Crippen LogP contribution in [0.15, 0.2) is 24.3 Å². The van der Waals surface area contributed by atoms with Crippen molar-refractivity contribution in [1.29, 1.82) is 0 Å². The lowest BCUT2D eigenvalue weighted by Crippen LogP contribution is -2.49. The van der Waals surface area contributed by atoms with E-state index >= 15 is 0 Å². The minimum Gasteiger partial charge on any atom is -0.406 e. The van der Waals surface area contributed by atoms with E-state index in [1.54, 1.807) is 11.0 Å². The number of nitrogens with zero attached hydrogens (tertiary/aromatic N) is 1. The lowest BCUT2D eigenvalue weighted by atomic mass is 10.2. The van der Waals surface area contributed by atoms with Crippen molar-refractivity contribution in [2.45, 2.75) is 32.4 Å². The summed E-state index contributed by atoms with van der Waals surface area (Å²) in [6.07, 6.45) is -4.81. The third-order valence-corrected chi connectivity index (χ3v) is 3.28. The fourth-order valence-corrected chi connectivity index (χ4v) is 2.47. The number of rotatable bonds is 4. The van der Waals surface area contributed by atoms with E-state index in [0.29, 0.717) is 18.8 Å². The number of alkyl halides is 3. The molecule has 8 heteroatoms. The van der Waals surface area contributed by atoms with Crippen LogP contribution in [0.3, 0.4) is 0 Å². The lowest BCUT2D eigenvalue weighted by molar-refractivity contribution is -0.274. The number of ether oxygens (including phenoxy) is 2. The fraction of sp³-hybridized carbons (Fsp3) is 0.533. The van der Waals surface area contributed by atoms with Gasteiger partial charge in [0.15, 0.2) is 0 Å². The topological polar surface area (TPSA) is 50.8 Å². The summed E-state index contributed by atoms with van der Waals surface area (Å²) in [5, 5.41) is 2.82. The molecule has 0 saturated carbocycles. The molecule has 0 aromatic heterocycles. The van der Waals surface area contributed by atoms with Crippen LogP contribution in [0.2, 0.25) is 0 Å². The zero-order valence-corrected chi connectivity index (χ0v) is 12.9. The van der Waals surface area contributed by atoms with Gasteiger partial charge >= 0.3 is 6.36 Å². The standard InChI is InChI=1S/C15H19F3N2O3/c1-10-8-20(9-11(2)22-10)14(21)7-19-12-4-3-5-13(6-12)23-15(16,17)18/h3-6,10-11,19H,7-9H2,1-2H3. The van der Waals surface area contributed by atoms with E-state index in [4.69, 9.17) is 4.74 Å². The molecule has 0 radical (unpaired) electrons. The Bertz CT molecular complexity index is 541.